The lowest BCUT2D eigenvalue weighted by atomic mass is 9.98. The van der Waals surface area contributed by atoms with Crippen molar-refractivity contribution in [2.75, 3.05) is 0 Å². The van der Waals surface area contributed by atoms with Crippen LogP contribution in [0.25, 0.3) is 39.0 Å². The van der Waals surface area contributed by atoms with Crippen LogP contribution in [0.1, 0.15) is 26.3 Å². The third-order valence-corrected chi connectivity index (χ3v) is 5.99. The lowest BCUT2D eigenvalue weighted by Gasteiger charge is -2.17. The molecule has 4 heterocycles. The van der Waals surface area contributed by atoms with Gasteiger partial charge in [0.2, 0.25) is 0 Å². The average molecular weight is 485 g/mol. The molecule has 0 spiro atoms. The van der Waals surface area contributed by atoms with Crippen molar-refractivity contribution < 1.29 is 14.5 Å². The molecule has 0 unspecified atom stereocenters. The van der Waals surface area contributed by atoms with E-state index in [4.69, 9.17) is 4.74 Å². The fraction of sp³-hybridized carbons (Fsp3) is 0.231. The molecule has 10 heteroatoms. The van der Waals surface area contributed by atoms with E-state index in [2.05, 4.69) is 15.0 Å². The van der Waals surface area contributed by atoms with Crippen molar-refractivity contribution in [3.8, 4) is 17.1 Å². The van der Waals surface area contributed by atoms with Crippen molar-refractivity contribution in [3.63, 3.8) is 0 Å². The molecule has 0 N–H and O–H groups in total. The molecule has 0 fully saturated rings. The van der Waals surface area contributed by atoms with E-state index in [-0.39, 0.29) is 18.4 Å². The molecular formula is C26H24N6O4. The number of nitro benzene ring substituents is 1. The summed E-state index contributed by atoms with van der Waals surface area (Å²) in [6.07, 6.45) is 6.92. The molecule has 0 saturated carbocycles. The van der Waals surface area contributed by atoms with Crippen molar-refractivity contribution in [1.29, 1.82) is 0 Å². The second-order valence-corrected chi connectivity index (χ2v) is 9.60. The molecule has 0 aliphatic heterocycles. The Bertz CT molecular complexity index is 1640. The maximum Gasteiger partial charge on any atom is 0.312 e. The lowest BCUT2D eigenvalue weighted by molar-refractivity contribution is -0.384. The number of ether oxygens (including phenoxy) is 1. The number of pyridine rings is 1. The van der Waals surface area contributed by atoms with E-state index < -0.39 is 10.3 Å². The minimum atomic E-state index is -0.601. The molecule has 0 aliphatic carbocycles. The van der Waals surface area contributed by atoms with Crippen LogP contribution in [0.4, 0.5) is 5.69 Å². The number of hydrogen-bond donors (Lipinski definition) is 0. The van der Waals surface area contributed by atoms with Gasteiger partial charge < -0.3 is 9.30 Å². The van der Waals surface area contributed by atoms with Gasteiger partial charge in [0.05, 0.1) is 26.9 Å². The molecule has 0 bridgehead atoms. The Labute approximate surface area is 206 Å². The van der Waals surface area contributed by atoms with E-state index in [0.29, 0.717) is 22.7 Å². The molecule has 0 saturated heterocycles. The number of nitro groups is 1. The van der Waals surface area contributed by atoms with E-state index in [1.54, 1.807) is 43.7 Å². The number of carbonyl (C=O) groups excluding carboxylic acids is 1. The van der Waals surface area contributed by atoms with Gasteiger partial charge >= 0.3 is 5.97 Å². The second kappa shape index (κ2) is 8.56. The molecule has 0 atom stereocenters. The van der Waals surface area contributed by atoms with Gasteiger partial charge in [0, 0.05) is 41.7 Å². The highest BCUT2D eigenvalue weighted by atomic mass is 16.6. The Morgan fingerprint density at radius 1 is 1.08 bits per heavy atom. The molecule has 182 valence electrons. The zero-order chi connectivity index (χ0) is 25.6. The van der Waals surface area contributed by atoms with Crippen LogP contribution in [0.15, 0.2) is 61.3 Å². The van der Waals surface area contributed by atoms with Gasteiger partial charge in [-0.25, -0.2) is 9.97 Å². The molecule has 4 aromatic heterocycles. The van der Waals surface area contributed by atoms with Crippen LogP contribution in [0, 0.1) is 22.5 Å². The summed E-state index contributed by atoms with van der Waals surface area (Å²) in [7, 11) is 0. The first-order chi connectivity index (χ1) is 17.1. The van der Waals surface area contributed by atoms with Crippen molar-refractivity contribution >= 4 is 33.6 Å². The predicted octanol–water partition coefficient (Wildman–Crippen LogP) is 5.20. The quantitative estimate of drug-likeness (QED) is 0.191. The summed E-state index contributed by atoms with van der Waals surface area (Å²) in [5.74, 6) is 0.357. The fourth-order valence-corrected chi connectivity index (χ4v) is 3.99. The minimum absolute atomic E-state index is 0.0129. The maximum atomic E-state index is 12.2. The zero-order valence-corrected chi connectivity index (χ0v) is 20.3. The number of non-ortho nitro benzene ring substituents is 1. The summed E-state index contributed by atoms with van der Waals surface area (Å²) in [5, 5.41) is 13.0. The van der Waals surface area contributed by atoms with Crippen LogP contribution in [-0.4, -0.2) is 35.0 Å². The highest BCUT2D eigenvalue weighted by Crippen LogP contribution is 2.31. The van der Waals surface area contributed by atoms with E-state index in [1.165, 1.54) is 12.4 Å². The number of esters is 1. The molecular weight excluding hydrogens is 460 g/mol. The zero-order valence-electron chi connectivity index (χ0n) is 20.3. The molecule has 0 amide bonds. The Balaban J connectivity index is 1.57. The summed E-state index contributed by atoms with van der Waals surface area (Å²) in [6, 6.07) is 10.5. The molecule has 1 aromatic carbocycles. The number of aryl methyl sites for hydroxylation is 1. The van der Waals surface area contributed by atoms with E-state index in [1.807, 2.05) is 42.1 Å². The lowest BCUT2D eigenvalue weighted by Crippen LogP contribution is -2.23. The molecule has 0 radical (unpaired) electrons. The van der Waals surface area contributed by atoms with Crippen molar-refractivity contribution in [2.24, 2.45) is 5.41 Å². The normalized spacial score (nSPS) is 11.8. The number of hydrogen-bond acceptors (Lipinski definition) is 7. The number of carbonyl (C=O) groups is 1. The van der Waals surface area contributed by atoms with E-state index in [9.17, 15) is 14.9 Å². The van der Waals surface area contributed by atoms with Crippen molar-refractivity contribution in [3.05, 3.63) is 77.0 Å². The van der Waals surface area contributed by atoms with Crippen LogP contribution >= 0.6 is 0 Å². The summed E-state index contributed by atoms with van der Waals surface area (Å²) in [6.45, 7) is 7.35. The Morgan fingerprint density at radius 3 is 2.64 bits per heavy atom. The van der Waals surface area contributed by atoms with Crippen molar-refractivity contribution in [2.45, 2.75) is 34.4 Å². The van der Waals surface area contributed by atoms with Crippen LogP contribution in [0.2, 0.25) is 0 Å². The predicted molar refractivity (Wildman–Crippen MR) is 135 cm³/mol. The Hall–Kier alpha value is -4.60. The van der Waals surface area contributed by atoms with Gasteiger partial charge in [0.1, 0.15) is 17.8 Å². The van der Waals surface area contributed by atoms with E-state index in [0.717, 1.165) is 21.9 Å². The summed E-state index contributed by atoms with van der Waals surface area (Å²) in [4.78, 5) is 36.6. The van der Waals surface area contributed by atoms with Crippen molar-refractivity contribution in [1.82, 2.24) is 24.1 Å². The smallest absolute Gasteiger partial charge is 0.312 e. The third-order valence-electron chi connectivity index (χ3n) is 5.99. The van der Waals surface area contributed by atoms with Gasteiger partial charge in [-0.2, -0.15) is 0 Å². The van der Waals surface area contributed by atoms with Crippen LogP contribution in [0.3, 0.4) is 0 Å². The number of fused-ring (bicyclic) bond motifs is 2. The first-order valence-electron chi connectivity index (χ1n) is 11.3. The van der Waals surface area contributed by atoms with Gasteiger partial charge in [0.25, 0.3) is 5.69 Å². The molecule has 5 rings (SSSR count). The maximum absolute atomic E-state index is 12.2. The topological polar surface area (TPSA) is 118 Å². The SMILES string of the molecule is Cc1ccc([N+](=O)[O-])cc1-c1cc2c(ccn2-c2ncnc3c2ccn3COC(=O)C(C)(C)C)cn1. The fourth-order valence-electron chi connectivity index (χ4n) is 3.99. The van der Waals surface area contributed by atoms with Crippen LogP contribution in [0.5, 0.6) is 0 Å². The van der Waals surface area contributed by atoms with Crippen LogP contribution < -0.4 is 0 Å². The van der Waals surface area contributed by atoms with E-state index >= 15 is 0 Å². The van der Waals surface area contributed by atoms with Gasteiger partial charge in [0.15, 0.2) is 6.73 Å². The van der Waals surface area contributed by atoms with Gasteiger partial charge in [-0.15, -0.1) is 0 Å². The molecule has 0 aliphatic rings. The number of aromatic nitrogens is 5. The number of nitrogens with zero attached hydrogens (tertiary/aromatic N) is 6. The summed E-state index contributed by atoms with van der Waals surface area (Å²) >= 11 is 0. The average Bonchev–Trinajstić information content (AvgIpc) is 3.45. The third kappa shape index (κ3) is 4.06. The highest BCUT2D eigenvalue weighted by molar-refractivity contribution is 5.90. The van der Waals surface area contributed by atoms with Crippen LogP contribution in [-0.2, 0) is 16.3 Å². The Morgan fingerprint density at radius 2 is 1.89 bits per heavy atom. The number of benzene rings is 1. The highest BCUT2D eigenvalue weighted by Gasteiger charge is 2.23. The second-order valence-electron chi connectivity index (χ2n) is 9.60. The number of rotatable bonds is 5. The van der Waals surface area contributed by atoms with Gasteiger partial charge in [-0.3, -0.25) is 24.5 Å². The van der Waals surface area contributed by atoms with Gasteiger partial charge in [-0.05, 0) is 51.5 Å². The molecule has 36 heavy (non-hydrogen) atoms. The summed E-state index contributed by atoms with van der Waals surface area (Å²) < 4.78 is 9.16. The van der Waals surface area contributed by atoms with Gasteiger partial charge in [-0.1, -0.05) is 6.07 Å². The molecule has 10 nitrogen and oxygen atoms in total. The molecule has 5 aromatic rings. The first-order valence-corrected chi connectivity index (χ1v) is 11.3. The standard InChI is InChI=1S/C26H24N6O4/c1-16-5-6-18(32(34)35)11-20(16)21-12-22-17(13-27-21)7-10-31(22)24-19-8-9-30(23(19)28-14-29-24)15-36-25(33)26(2,3)4/h5-14H,15H2,1-4H3. The largest absolute Gasteiger partial charge is 0.443 e. The summed E-state index contributed by atoms with van der Waals surface area (Å²) in [5.41, 5.74) is 3.09. The first kappa shape index (κ1) is 23.2. The monoisotopic (exact) mass is 484 g/mol. The minimum Gasteiger partial charge on any atom is -0.443 e. The Kier molecular flexibility index (Phi) is 5.51.